The molecule has 0 unspecified atom stereocenters. The van der Waals surface area contributed by atoms with Gasteiger partial charge in [0.2, 0.25) is 5.91 Å². The van der Waals surface area contributed by atoms with Gasteiger partial charge in [-0.25, -0.2) is 0 Å². The third-order valence-electron chi connectivity index (χ3n) is 3.50. The molecular formula is C19H18Cl2N2O5. The van der Waals surface area contributed by atoms with Gasteiger partial charge in [0.15, 0.2) is 6.61 Å². The molecule has 28 heavy (non-hydrogen) atoms. The van der Waals surface area contributed by atoms with E-state index in [2.05, 4.69) is 10.6 Å². The molecule has 2 amide bonds. The average molecular weight is 425 g/mol. The number of methoxy groups -OCH3 is 1. The highest BCUT2D eigenvalue weighted by molar-refractivity contribution is 6.35. The van der Waals surface area contributed by atoms with E-state index in [4.69, 9.17) is 32.7 Å². The molecule has 2 N–H and O–H groups in total. The summed E-state index contributed by atoms with van der Waals surface area (Å²) in [4.78, 5) is 35.5. The average Bonchev–Trinajstić information content (AvgIpc) is 2.68. The Kier molecular flexibility index (Phi) is 8.10. The van der Waals surface area contributed by atoms with Crippen molar-refractivity contribution >= 4 is 52.4 Å². The SMILES string of the molecule is COc1ccccc1NC(=O)COC(=O)CCC(=O)Nc1cc(Cl)ccc1Cl. The summed E-state index contributed by atoms with van der Waals surface area (Å²) in [7, 11) is 1.48. The second kappa shape index (κ2) is 10.5. The minimum absolute atomic E-state index is 0.129. The van der Waals surface area contributed by atoms with Crippen molar-refractivity contribution in [3.8, 4) is 5.75 Å². The van der Waals surface area contributed by atoms with Crippen LogP contribution in [0.15, 0.2) is 42.5 Å². The summed E-state index contributed by atoms with van der Waals surface area (Å²) >= 11 is 11.8. The Balaban J connectivity index is 1.74. The highest BCUT2D eigenvalue weighted by Gasteiger charge is 2.13. The lowest BCUT2D eigenvalue weighted by atomic mass is 10.2. The molecule has 7 nitrogen and oxygen atoms in total. The molecule has 0 heterocycles. The van der Waals surface area contributed by atoms with Crippen LogP contribution < -0.4 is 15.4 Å². The number of esters is 1. The summed E-state index contributed by atoms with van der Waals surface area (Å²) in [5, 5.41) is 5.88. The molecular weight excluding hydrogens is 407 g/mol. The molecule has 0 fully saturated rings. The number of hydrogen-bond donors (Lipinski definition) is 2. The number of anilines is 2. The van der Waals surface area contributed by atoms with Crippen LogP contribution in [0.4, 0.5) is 11.4 Å². The van der Waals surface area contributed by atoms with E-state index in [-0.39, 0.29) is 12.8 Å². The van der Waals surface area contributed by atoms with Crippen LogP contribution >= 0.6 is 23.2 Å². The third kappa shape index (κ3) is 6.75. The van der Waals surface area contributed by atoms with E-state index in [9.17, 15) is 14.4 Å². The van der Waals surface area contributed by atoms with Crippen molar-refractivity contribution in [1.29, 1.82) is 0 Å². The van der Waals surface area contributed by atoms with Gasteiger partial charge in [0.1, 0.15) is 5.75 Å². The number of carbonyl (C=O) groups is 3. The van der Waals surface area contributed by atoms with Crippen LogP contribution in [0.1, 0.15) is 12.8 Å². The summed E-state index contributed by atoms with van der Waals surface area (Å²) in [6.07, 6.45) is -0.318. The molecule has 9 heteroatoms. The van der Waals surface area contributed by atoms with Crippen LogP contribution in [0.25, 0.3) is 0 Å². The molecule has 0 saturated carbocycles. The number of halogens is 2. The van der Waals surface area contributed by atoms with Gasteiger partial charge in [-0.05, 0) is 30.3 Å². The Morgan fingerprint density at radius 2 is 1.64 bits per heavy atom. The molecule has 0 aliphatic carbocycles. The first-order valence-electron chi connectivity index (χ1n) is 8.22. The Labute approximate surface area is 171 Å². The van der Waals surface area contributed by atoms with E-state index in [0.29, 0.717) is 27.2 Å². The zero-order valence-electron chi connectivity index (χ0n) is 15.0. The normalized spacial score (nSPS) is 10.1. The van der Waals surface area contributed by atoms with Gasteiger partial charge in [-0.3, -0.25) is 14.4 Å². The fourth-order valence-corrected chi connectivity index (χ4v) is 2.51. The Morgan fingerprint density at radius 1 is 0.929 bits per heavy atom. The lowest BCUT2D eigenvalue weighted by molar-refractivity contribution is -0.147. The number of para-hydroxylation sites is 2. The third-order valence-corrected chi connectivity index (χ3v) is 4.07. The highest BCUT2D eigenvalue weighted by atomic mass is 35.5. The van der Waals surface area contributed by atoms with Crippen LogP contribution in [-0.4, -0.2) is 31.5 Å². The summed E-state index contributed by atoms with van der Waals surface area (Å²) in [6.45, 7) is -0.474. The molecule has 0 aromatic heterocycles. The molecule has 0 saturated heterocycles. The summed E-state index contributed by atoms with van der Waals surface area (Å²) in [5.74, 6) is -1.14. The van der Waals surface area contributed by atoms with E-state index < -0.39 is 24.4 Å². The number of nitrogens with one attached hydrogen (secondary N) is 2. The molecule has 148 valence electrons. The number of benzene rings is 2. The van der Waals surface area contributed by atoms with Crippen LogP contribution in [-0.2, 0) is 19.1 Å². The van der Waals surface area contributed by atoms with Crippen molar-refractivity contribution < 1.29 is 23.9 Å². The first-order chi connectivity index (χ1) is 13.4. The molecule has 2 aromatic rings. The zero-order valence-corrected chi connectivity index (χ0v) is 16.5. The molecule has 2 rings (SSSR count). The monoisotopic (exact) mass is 424 g/mol. The molecule has 2 aromatic carbocycles. The predicted octanol–water partition coefficient (Wildman–Crippen LogP) is 3.90. The lowest BCUT2D eigenvalue weighted by Gasteiger charge is -2.10. The van der Waals surface area contributed by atoms with E-state index in [1.165, 1.54) is 13.2 Å². The summed E-state index contributed by atoms with van der Waals surface area (Å²) in [6, 6.07) is 11.5. The largest absolute Gasteiger partial charge is 0.495 e. The van der Waals surface area contributed by atoms with Gasteiger partial charge in [0, 0.05) is 11.4 Å². The first kappa shape index (κ1) is 21.5. The number of carbonyl (C=O) groups excluding carboxylic acids is 3. The minimum atomic E-state index is -0.678. The molecule has 0 spiro atoms. The van der Waals surface area contributed by atoms with Crippen molar-refractivity contribution in [3.63, 3.8) is 0 Å². The van der Waals surface area contributed by atoms with Crippen LogP contribution in [0.2, 0.25) is 10.0 Å². The van der Waals surface area contributed by atoms with E-state index >= 15 is 0 Å². The van der Waals surface area contributed by atoms with Gasteiger partial charge >= 0.3 is 5.97 Å². The first-order valence-corrected chi connectivity index (χ1v) is 8.98. The minimum Gasteiger partial charge on any atom is -0.495 e. The van der Waals surface area contributed by atoms with Crippen molar-refractivity contribution in [2.24, 2.45) is 0 Å². The second-order valence-corrected chi connectivity index (χ2v) is 6.43. The number of rotatable bonds is 8. The quantitative estimate of drug-likeness (QED) is 0.626. The Bertz CT molecular complexity index is 873. The number of ether oxygens (including phenoxy) is 2. The maximum atomic E-state index is 11.9. The van der Waals surface area contributed by atoms with Crippen LogP contribution in [0, 0.1) is 0 Å². The van der Waals surface area contributed by atoms with Crippen molar-refractivity contribution in [2.45, 2.75) is 12.8 Å². The summed E-state index contributed by atoms with van der Waals surface area (Å²) in [5.41, 5.74) is 0.813. The molecule has 0 radical (unpaired) electrons. The number of hydrogen-bond acceptors (Lipinski definition) is 5. The molecule has 0 aliphatic rings. The zero-order chi connectivity index (χ0) is 20.5. The smallest absolute Gasteiger partial charge is 0.306 e. The Hall–Kier alpha value is -2.77. The number of amides is 2. The van der Waals surface area contributed by atoms with Gasteiger partial charge < -0.3 is 20.1 Å². The van der Waals surface area contributed by atoms with Gasteiger partial charge in [0.05, 0.1) is 29.9 Å². The van der Waals surface area contributed by atoms with Gasteiger partial charge in [-0.1, -0.05) is 35.3 Å². The molecule has 0 bridgehead atoms. The topological polar surface area (TPSA) is 93.7 Å². The van der Waals surface area contributed by atoms with Gasteiger partial charge in [-0.15, -0.1) is 0 Å². The fraction of sp³-hybridized carbons (Fsp3) is 0.211. The summed E-state index contributed by atoms with van der Waals surface area (Å²) < 4.78 is 9.99. The van der Waals surface area contributed by atoms with Gasteiger partial charge in [0.25, 0.3) is 5.91 Å². The molecule has 0 atom stereocenters. The van der Waals surface area contributed by atoms with Crippen molar-refractivity contribution in [1.82, 2.24) is 0 Å². The fourth-order valence-electron chi connectivity index (χ4n) is 2.17. The Morgan fingerprint density at radius 3 is 2.39 bits per heavy atom. The van der Waals surface area contributed by atoms with E-state index in [1.807, 2.05) is 0 Å². The van der Waals surface area contributed by atoms with Crippen molar-refractivity contribution in [3.05, 3.63) is 52.5 Å². The van der Waals surface area contributed by atoms with E-state index in [1.54, 1.807) is 36.4 Å². The maximum absolute atomic E-state index is 11.9. The highest BCUT2D eigenvalue weighted by Crippen LogP contribution is 2.25. The standard InChI is InChI=1S/C19H18Cl2N2O5/c1-27-16-5-3-2-4-14(16)22-18(25)11-28-19(26)9-8-17(24)23-15-10-12(20)6-7-13(15)21/h2-7,10H,8-9,11H2,1H3,(H,22,25)(H,23,24). The van der Waals surface area contributed by atoms with E-state index in [0.717, 1.165) is 0 Å². The molecule has 0 aliphatic heterocycles. The second-order valence-electron chi connectivity index (χ2n) is 5.58. The maximum Gasteiger partial charge on any atom is 0.306 e. The van der Waals surface area contributed by atoms with Crippen LogP contribution in [0.3, 0.4) is 0 Å². The van der Waals surface area contributed by atoms with Gasteiger partial charge in [-0.2, -0.15) is 0 Å². The predicted molar refractivity (Wildman–Crippen MR) is 107 cm³/mol. The van der Waals surface area contributed by atoms with Crippen LogP contribution in [0.5, 0.6) is 5.75 Å². The lowest BCUT2D eigenvalue weighted by Crippen LogP contribution is -2.22. The van der Waals surface area contributed by atoms with Crippen molar-refractivity contribution in [2.75, 3.05) is 24.4 Å².